The number of hydrogen-bond donors (Lipinski definition) is 1. The number of amides is 1. The molecule has 1 amide bonds. The van der Waals surface area contributed by atoms with Crippen LogP contribution in [0.25, 0.3) is 0 Å². The summed E-state index contributed by atoms with van der Waals surface area (Å²) in [4.78, 5) is 22.2. The number of nitrogens with zero attached hydrogens (tertiary/aromatic N) is 1. The number of nitro benzene ring substituents is 1. The van der Waals surface area contributed by atoms with Crippen molar-refractivity contribution in [2.75, 3.05) is 27.9 Å². The van der Waals surface area contributed by atoms with Gasteiger partial charge in [0.2, 0.25) is 0 Å². The zero-order valence-electron chi connectivity index (χ0n) is 15.5. The van der Waals surface area contributed by atoms with Crippen molar-refractivity contribution in [1.29, 1.82) is 0 Å². The van der Waals surface area contributed by atoms with Crippen molar-refractivity contribution >= 4 is 23.2 Å². The van der Waals surface area contributed by atoms with Crippen molar-refractivity contribution in [3.8, 4) is 23.0 Å². The number of non-ortho nitro benzene ring substituents is 1. The molecule has 0 aliphatic carbocycles. The third-order valence-electron chi connectivity index (χ3n) is 3.75. The van der Waals surface area contributed by atoms with Gasteiger partial charge >= 0.3 is 0 Å². The second-order valence-electron chi connectivity index (χ2n) is 5.46. The molecular weight excluding hydrogens is 392 g/mol. The van der Waals surface area contributed by atoms with E-state index in [4.69, 9.17) is 30.5 Å². The molecule has 0 atom stereocenters. The first-order valence-electron chi connectivity index (χ1n) is 8.02. The highest BCUT2D eigenvalue weighted by atomic mass is 35.5. The van der Waals surface area contributed by atoms with Crippen LogP contribution < -0.4 is 24.3 Å². The van der Waals surface area contributed by atoms with Crippen LogP contribution in [-0.2, 0) is 11.3 Å². The normalized spacial score (nSPS) is 10.1. The molecule has 2 rings (SSSR count). The van der Waals surface area contributed by atoms with Crippen LogP contribution in [0.3, 0.4) is 0 Å². The van der Waals surface area contributed by atoms with E-state index in [9.17, 15) is 14.9 Å². The minimum atomic E-state index is -0.571. The van der Waals surface area contributed by atoms with Gasteiger partial charge in [0.05, 0.1) is 31.3 Å². The maximum absolute atomic E-state index is 12.1. The van der Waals surface area contributed by atoms with E-state index in [1.54, 1.807) is 12.1 Å². The number of methoxy groups -OCH3 is 3. The molecule has 0 bridgehead atoms. The van der Waals surface area contributed by atoms with Crippen LogP contribution in [0.2, 0.25) is 5.02 Å². The van der Waals surface area contributed by atoms with Crippen LogP contribution in [0.5, 0.6) is 23.0 Å². The van der Waals surface area contributed by atoms with Gasteiger partial charge in [0.25, 0.3) is 11.6 Å². The van der Waals surface area contributed by atoms with E-state index in [-0.39, 0.29) is 29.6 Å². The smallest absolute Gasteiger partial charge is 0.271 e. The molecule has 0 saturated carbocycles. The number of ether oxygens (including phenoxy) is 4. The average Bonchev–Trinajstić information content (AvgIpc) is 2.70. The molecule has 0 saturated heterocycles. The van der Waals surface area contributed by atoms with E-state index in [0.29, 0.717) is 22.8 Å². The Labute approximate surface area is 166 Å². The van der Waals surface area contributed by atoms with Crippen molar-refractivity contribution in [2.45, 2.75) is 6.54 Å². The zero-order valence-corrected chi connectivity index (χ0v) is 16.2. The van der Waals surface area contributed by atoms with Crippen LogP contribution in [0.15, 0.2) is 30.3 Å². The van der Waals surface area contributed by atoms with Gasteiger partial charge in [-0.2, -0.15) is 0 Å². The predicted octanol–water partition coefficient (Wildman–Crippen LogP) is 2.97. The van der Waals surface area contributed by atoms with Crippen molar-refractivity contribution in [1.82, 2.24) is 5.32 Å². The van der Waals surface area contributed by atoms with Gasteiger partial charge in [-0.15, -0.1) is 0 Å². The molecule has 9 nitrogen and oxygen atoms in total. The Morgan fingerprint density at radius 3 is 2.25 bits per heavy atom. The van der Waals surface area contributed by atoms with Crippen molar-refractivity contribution < 1.29 is 28.7 Å². The molecule has 0 fully saturated rings. The molecule has 2 aromatic rings. The van der Waals surface area contributed by atoms with Crippen LogP contribution in [0.4, 0.5) is 5.69 Å². The van der Waals surface area contributed by atoms with E-state index in [2.05, 4.69) is 5.32 Å². The zero-order chi connectivity index (χ0) is 20.7. The SMILES string of the molecule is COc1cc(OC)c(OC)cc1CNC(=O)COc1ccc([N+](=O)[O-])cc1Cl. The average molecular weight is 411 g/mol. The predicted molar refractivity (Wildman–Crippen MR) is 102 cm³/mol. The first kappa shape index (κ1) is 21.1. The Morgan fingerprint density at radius 2 is 1.68 bits per heavy atom. The highest BCUT2D eigenvalue weighted by Gasteiger charge is 2.14. The first-order valence-corrected chi connectivity index (χ1v) is 8.39. The molecule has 10 heteroatoms. The van der Waals surface area contributed by atoms with Gasteiger partial charge in [0, 0.05) is 30.3 Å². The van der Waals surface area contributed by atoms with Gasteiger partial charge < -0.3 is 24.3 Å². The van der Waals surface area contributed by atoms with Crippen LogP contribution in [0.1, 0.15) is 5.56 Å². The molecule has 28 heavy (non-hydrogen) atoms. The second kappa shape index (κ2) is 9.65. The second-order valence-corrected chi connectivity index (χ2v) is 5.86. The molecule has 0 aliphatic rings. The summed E-state index contributed by atoms with van der Waals surface area (Å²) in [5, 5.41) is 13.4. The lowest BCUT2D eigenvalue weighted by Crippen LogP contribution is -2.28. The number of rotatable bonds is 9. The molecule has 1 N–H and O–H groups in total. The molecular formula is C18H19ClN2O7. The molecule has 150 valence electrons. The van der Waals surface area contributed by atoms with Gasteiger partial charge in [-0.1, -0.05) is 11.6 Å². The third-order valence-corrected chi connectivity index (χ3v) is 4.04. The van der Waals surface area contributed by atoms with Gasteiger partial charge in [0.15, 0.2) is 18.1 Å². The Morgan fingerprint density at radius 1 is 1.04 bits per heavy atom. The monoisotopic (exact) mass is 410 g/mol. The lowest BCUT2D eigenvalue weighted by Gasteiger charge is -2.15. The van der Waals surface area contributed by atoms with Gasteiger partial charge in [-0.05, 0) is 12.1 Å². The maximum Gasteiger partial charge on any atom is 0.271 e. The topological polar surface area (TPSA) is 109 Å². The Balaban J connectivity index is 1.98. The Hall–Kier alpha value is -3.20. The first-order chi connectivity index (χ1) is 13.4. The third kappa shape index (κ3) is 5.17. The summed E-state index contributed by atoms with van der Waals surface area (Å²) in [6.45, 7) is -0.146. The Kier molecular flexibility index (Phi) is 7.28. The summed E-state index contributed by atoms with van der Waals surface area (Å²) in [5.74, 6) is 1.29. The van der Waals surface area contributed by atoms with Crippen molar-refractivity contribution in [3.63, 3.8) is 0 Å². The Bertz CT molecular complexity index is 873. The summed E-state index contributed by atoms with van der Waals surface area (Å²) in [7, 11) is 4.53. The molecule has 0 aliphatic heterocycles. The standard InChI is InChI=1S/C18H19ClN2O7/c1-25-15-8-17(27-3)16(26-2)6-11(15)9-20-18(22)10-28-14-5-4-12(21(23)24)7-13(14)19/h4-8H,9-10H2,1-3H3,(H,20,22). The van der Waals surface area contributed by atoms with Gasteiger partial charge in [0.1, 0.15) is 11.5 Å². The number of nitrogens with one attached hydrogen (secondary N) is 1. The number of halogens is 1. The largest absolute Gasteiger partial charge is 0.496 e. The molecule has 0 unspecified atom stereocenters. The number of carbonyl (C=O) groups excluding carboxylic acids is 1. The van der Waals surface area contributed by atoms with E-state index in [1.165, 1.54) is 33.5 Å². The van der Waals surface area contributed by atoms with E-state index in [1.807, 2.05) is 0 Å². The number of carbonyl (C=O) groups is 1. The summed E-state index contributed by atoms with van der Waals surface area (Å²) >= 11 is 5.93. The minimum absolute atomic E-state index is 0.0450. The van der Waals surface area contributed by atoms with E-state index >= 15 is 0 Å². The van der Waals surface area contributed by atoms with Crippen LogP contribution in [-0.4, -0.2) is 38.8 Å². The van der Waals surface area contributed by atoms with Crippen molar-refractivity contribution in [3.05, 3.63) is 51.0 Å². The number of nitro groups is 1. The van der Waals surface area contributed by atoms with Crippen molar-refractivity contribution in [2.24, 2.45) is 0 Å². The molecule has 0 radical (unpaired) electrons. The van der Waals surface area contributed by atoms with E-state index in [0.717, 1.165) is 6.07 Å². The number of benzene rings is 2. The molecule has 0 heterocycles. The van der Waals surface area contributed by atoms with Gasteiger partial charge in [-0.3, -0.25) is 14.9 Å². The lowest BCUT2D eigenvalue weighted by atomic mass is 10.1. The number of hydrogen-bond acceptors (Lipinski definition) is 7. The summed E-state index contributed by atoms with van der Waals surface area (Å²) < 4.78 is 21.1. The fraction of sp³-hybridized carbons (Fsp3) is 0.278. The quantitative estimate of drug-likeness (QED) is 0.500. The van der Waals surface area contributed by atoms with Crippen LogP contribution in [0, 0.1) is 10.1 Å². The molecule has 2 aromatic carbocycles. The fourth-order valence-corrected chi connectivity index (χ4v) is 2.57. The van der Waals surface area contributed by atoms with E-state index < -0.39 is 10.8 Å². The lowest BCUT2D eigenvalue weighted by molar-refractivity contribution is -0.384. The maximum atomic E-state index is 12.1. The highest BCUT2D eigenvalue weighted by Crippen LogP contribution is 2.34. The highest BCUT2D eigenvalue weighted by molar-refractivity contribution is 6.32. The van der Waals surface area contributed by atoms with Gasteiger partial charge in [-0.25, -0.2) is 0 Å². The minimum Gasteiger partial charge on any atom is -0.496 e. The summed E-state index contributed by atoms with van der Waals surface area (Å²) in [6.07, 6.45) is 0. The summed E-state index contributed by atoms with van der Waals surface area (Å²) in [5.41, 5.74) is 0.518. The molecule has 0 aromatic heterocycles. The summed E-state index contributed by atoms with van der Waals surface area (Å²) in [6, 6.07) is 7.10. The van der Waals surface area contributed by atoms with Crippen LogP contribution >= 0.6 is 11.6 Å². The fourth-order valence-electron chi connectivity index (χ4n) is 2.34. The molecule has 0 spiro atoms.